The number of rotatable bonds is 5. The van der Waals surface area contributed by atoms with Gasteiger partial charge in [-0.2, -0.15) is 4.68 Å². The summed E-state index contributed by atoms with van der Waals surface area (Å²) in [6, 6.07) is 14.0. The molecule has 0 radical (unpaired) electrons. The predicted octanol–water partition coefficient (Wildman–Crippen LogP) is 1.55. The lowest BCUT2D eigenvalue weighted by Gasteiger charge is -2.13. The largest absolute Gasteiger partial charge is 0.497 e. The van der Waals surface area contributed by atoms with Crippen LogP contribution in [0, 0.1) is 4.77 Å². The van der Waals surface area contributed by atoms with Gasteiger partial charge in [0.1, 0.15) is 12.3 Å². The van der Waals surface area contributed by atoms with E-state index < -0.39 is 0 Å². The summed E-state index contributed by atoms with van der Waals surface area (Å²) in [7, 11) is 3.81. The number of hydrogen-bond donors (Lipinski definition) is 1. The van der Waals surface area contributed by atoms with Gasteiger partial charge in [-0.05, 0) is 48.6 Å². The zero-order valence-corrected chi connectivity index (χ0v) is 13.5. The van der Waals surface area contributed by atoms with Crippen molar-refractivity contribution in [2.75, 3.05) is 14.2 Å². The van der Waals surface area contributed by atoms with E-state index in [1.54, 1.807) is 7.11 Å². The van der Waals surface area contributed by atoms with Crippen LogP contribution in [0.3, 0.4) is 0 Å². The fourth-order valence-corrected chi connectivity index (χ4v) is 2.73. The zero-order valence-electron chi connectivity index (χ0n) is 12.7. The van der Waals surface area contributed by atoms with Crippen molar-refractivity contribution in [1.82, 2.24) is 14.2 Å². The lowest BCUT2D eigenvalue weighted by Crippen LogP contribution is -3.07. The van der Waals surface area contributed by atoms with Crippen molar-refractivity contribution in [2.45, 2.75) is 13.2 Å². The molecule has 0 fully saturated rings. The maximum absolute atomic E-state index is 5.48. The first-order chi connectivity index (χ1) is 10.7. The van der Waals surface area contributed by atoms with Crippen LogP contribution >= 0.6 is 12.2 Å². The van der Waals surface area contributed by atoms with Crippen molar-refractivity contribution in [2.24, 2.45) is 0 Å². The van der Waals surface area contributed by atoms with Crippen molar-refractivity contribution in [3.8, 4) is 5.75 Å². The maximum Gasteiger partial charge on any atom is 0.207 e. The highest BCUT2D eigenvalue weighted by Gasteiger charge is 2.09. The Morgan fingerprint density at radius 3 is 2.64 bits per heavy atom. The molecule has 22 heavy (non-hydrogen) atoms. The SMILES string of the molecule is COc1ccc(C[NH+](C)Cn2nc3ccccn3c2=S)cc1. The van der Waals surface area contributed by atoms with Gasteiger partial charge >= 0.3 is 0 Å². The molecule has 3 aromatic rings. The minimum Gasteiger partial charge on any atom is -0.497 e. The van der Waals surface area contributed by atoms with E-state index in [4.69, 9.17) is 17.0 Å². The van der Waals surface area contributed by atoms with Gasteiger partial charge in [-0.3, -0.25) is 4.40 Å². The van der Waals surface area contributed by atoms with Crippen LogP contribution in [0.5, 0.6) is 5.75 Å². The number of fused-ring (bicyclic) bond motifs is 1. The summed E-state index contributed by atoms with van der Waals surface area (Å²) in [5.74, 6) is 0.879. The summed E-state index contributed by atoms with van der Waals surface area (Å²) in [4.78, 5) is 1.31. The molecule has 0 saturated carbocycles. The molecule has 0 aliphatic rings. The van der Waals surface area contributed by atoms with Crippen LogP contribution in [-0.2, 0) is 13.2 Å². The number of pyridine rings is 1. The molecule has 0 aliphatic heterocycles. The van der Waals surface area contributed by atoms with Crippen LogP contribution in [0.2, 0.25) is 0 Å². The fourth-order valence-electron chi connectivity index (χ4n) is 2.47. The van der Waals surface area contributed by atoms with Crippen LogP contribution in [0.25, 0.3) is 5.65 Å². The summed E-state index contributed by atoms with van der Waals surface area (Å²) in [6.45, 7) is 1.63. The number of nitrogens with one attached hydrogen (secondary N) is 1. The summed E-state index contributed by atoms with van der Waals surface area (Å²) < 4.78 is 9.71. The third-order valence-corrected chi connectivity index (χ3v) is 3.98. The van der Waals surface area contributed by atoms with Gasteiger partial charge in [0.25, 0.3) is 0 Å². The van der Waals surface area contributed by atoms with Crippen molar-refractivity contribution >= 4 is 17.9 Å². The maximum atomic E-state index is 5.48. The Morgan fingerprint density at radius 1 is 1.18 bits per heavy atom. The molecule has 1 aromatic carbocycles. The lowest BCUT2D eigenvalue weighted by atomic mass is 10.2. The third kappa shape index (κ3) is 3.03. The summed E-state index contributed by atoms with van der Waals surface area (Å²) >= 11 is 5.48. The molecule has 2 heterocycles. The molecule has 1 atom stereocenters. The van der Waals surface area contributed by atoms with E-state index in [9.17, 15) is 0 Å². The number of hydrogen-bond acceptors (Lipinski definition) is 3. The molecule has 3 rings (SSSR count). The number of aromatic nitrogens is 3. The predicted molar refractivity (Wildman–Crippen MR) is 87.6 cm³/mol. The van der Waals surface area contributed by atoms with E-state index in [0.29, 0.717) is 0 Å². The molecule has 0 saturated heterocycles. The van der Waals surface area contributed by atoms with Crippen molar-refractivity contribution in [3.05, 3.63) is 59.0 Å². The van der Waals surface area contributed by atoms with Gasteiger partial charge in [0.05, 0.1) is 14.2 Å². The number of ether oxygens (including phenoxy) is 1. The minimum absolute atomic E-state index is 0.727. The zero-order chi connectivity index (χ0) is 15.5. The summed E-state index contributed by atoms with van der Waals surface area (Å²) in [5, 5.41) is 4.56. The van der Waals surface area contributed by atoms with Crippen LogP contribution < -0.4 is 9.64 Å². The second kappa shape index (κ2) is 6.29. The van der Waals surface area contributed by atoms with Gasteiger partial charge in [-0.15, -0.1) is 5.10 Å². The average molecular weight is 315 g/mol. The van der Waals surface area contributed by atoms with E-state index in [2.05, 4.69) is 24.3 Å². The monoisotopic (exact) mass is 315 g/mol. The molecule has 0 spiro atoms. The molecule has 0 bridgehead atoms. The van der Waals surface area contributed by atoms with E-state index in [1.807, 2.05) is 45.6 Å². The number of benzene rings is 1. The normalized spacial score (nSPS) is 12.5. The Hall–Kier alpha value is -2.18. The molecule has 0 aliphatic carbocycles. The van der Waals surface area contributed by atoms with E-state index >= 15 is 0 Å². The second-order valence-corrected chi connectivity index (χ2v) is 5.72. The smallest absolute Gasteiger partial charge is 0.207 e. The molecule has 1 unspecified atom stereocenters. The molecular formula is C16H19N4OS+. The molecule has 2 aromatic heterocycles. The summed E-state index contributed by atoms with van der Waals surface area (Å²) in [5.41, 5.74) is 2.14. The quantitative estimate of drug-likeness (QED) is 0.726. The molecule has 1 N–H and O–H groups in total. The molecule has 0 amide bonds. The average Bonchev–Trinajstić information content (AvgIpc) is 2.84. The van der Waals surface area contributed by atoms with Crippen LogP contribution in [0.1, 0.15) is 5.56 Å². The highest BCUT2D eigenvalue weighted by Crippen LogP contribution is 2.10. The minimum atomic E-state index is 0.727. The number of nitrogens with zero attached hydrogens (tertiary/aromatic N) is 3. The van der Waals surface area contributed by atoms with Gasteiger partial charge in [-0.1, -0.05) is 6.07 Å². The standard InChI is InChI=1S/C16H18N4OS/c1-18(11-13-6-8-14(21-2)9-7-13)12-20-16(22)19-10-4-3-5-15(19)17-20/h3-10H,11-12H2,1-2H3/p+1. The molecule has 114 valence electrons. The van der Waals surface area contributed by atoms with Crippen molar-refractivity contribution in [1.29, 1.82) is 0 Å². The first-order valence-corrected chi connectivity index (χ1v) is 7.56. The van der Waals surface area contributed by atoms with Crippen molar-refractivity contribution in [3.63, 3.8) is 0 Å². The second-order valence-electron chi connectivity index (χ2n) is 5.35. The topological polar surface area (TPSA) is 35.9 Å². The van der Waals surface area contributed by atoms with E-state index in [-0.39, 0.29) is 0 Å². The Bertz CT molecular complexity index is 822. The first-order valence-electron chi connectivity index (χ1n) is 7.16. The van der Waals surface area contributed by atoms with Gasteiger partial charge in [0.2, 0.25) is 4.77 Å². The Morgan fingerprint density at radius 2 is 1.95 bits per heavy atom. The third-order valence-electron chi connectivity index (χ3n) is 3.57. The van der Waals surface area contributed by atoms with Gasteiger partial charge < -0.3 is 9.64 Å². The Kier molecular flexibility index (Phi) is 4.22. The summed E-state index contributed by atoms with van der Waals surface area (Å²) in [6.07, 6.45) is 1.94. The highest BCUT2D eigenvalue weighted by molar-refractivity contribution is 7.71. The van der Waals surface area contributed by atoms with Crippen LogP contribution in [-0.4, -0.2) is 28.3 Å². The fraction of sp³-hybridized carbons (Fsp3) is 0.250. The molecule has 6 heteroatoms. The molecular weight excluding hydrogens is 296 g/mol. The van der Waals surface area contributed by atoms with E-state index in [0.717, 1.165) is 29.4 Å². The Labute approximate surface area is 134 Å². The van der Waals surface area contributed by atoms with E-state index in [1.165, 1.54) is 10.5 Å². The highest BCUT2D eigenvalue weighted by atomic mass is 32.1. The Balaban J connectivity index is 1.73. The van der Waals surface area contributed by atoms with Crippen molar-refractivity contribution < 1.29 is 9.64 Å². The lowest BCUT2D eigenvalue weighted by molar-refractivity contribution is -0.917. The number of quaternary nitrogens is 1. The van der Waals surface area contributed by atoms with Gasteiger partial charge in [0.15, 0.2) is 12.3 Å². The van der Waals surface area contributed by atoms with Gasteiger partial charge in [-0.25, -0.2) is 0 Å². The van der Waals surface area contributed by atoms with Crippen LogP contribution in [0.4, 0.5) is 0 Å². The van der Waals surface area contributed by atoms with Gasteiger partial charge in [0, 0.05) is 11.8 Å². The van der Waals surface area contributed by atoms with Crippen LogP contribution in [0.15, 0.2) is 48.7 Å². The number of methoxy groups -OCH3 is 1. The first kappa shape index (κ1) is 14.7. The molecule has 5 nitrogen and oxygen atoms in total.